The third-order valence-corrected chi connectivity index (χ3v) is 3.98. The number of aromatic nitrogens is 1. The molecule has 1 amide bonds. The highest BCUT2D eigenvalue weighted by molar-refractivity contribution is 14.1. The SMILES string of the molecule is O=C(Nc1ncccc1Br)c1cc([N+](=O)[O-])ccc1I. The summed E-state index contributed by atoms with van der Waals surface area (Å²) in [5, 5.41) is 13.4. The Bertz CT molecular complexity index is 693. The number of carbonyl (C=O) groups is 1. The second-order valence-electron chi connectivity index (χ2n) is 3.71. The Morgan fingerprint density at radius 2 is 2.15 bits per heavy atom. The number of non-ortho nitro benzene ring substituents is 1. The molecule has 1 heterocycles. The standard InChI is InChI=1S/C12H7BrIN3O3/c13-9-2-1-5-15-11(9)16-12(18)8-6-7(17(19)20)3-4-10(8)14/h1-6H,(H,15,16,18). The average Bonchev–Trinajstić information content (AvgIpc) is 2.41. The van der Waals surface area contributed by atoms with Crippen molar-refractivity contribution in [2.45, 2.75) is 0 Å². The van der Waals surface area contributed by atoms with Crippen molar-refractivity contribution in [3.63, 3.8) is 0 Å². The van der Waals surface area contributed by atoms with Crippen LogP contribution in [0.25, 0.3) is 0 Å². The Morgan fingerprint density at radius 3 is 2.80 bits per heavy atom. The first-order chi connectivity index (χ1) is 9.49. The molecular formula is C12H7BrIN3O3. The number of amides is 1. The Kier molecular flexibility index (Phi) is 4.65. The molecule has 0 bridgehead atoms. The minimum atomic E-state index is -0.538. The summed E-state index contributed by atoms with van der Waals surface area (Å²) in [6, 6.07) is 7.59. The quantitative estimate of drug-likeness (QED) is 0.442. The molecule has 1 aromatic carbocycles. The van der Waals surface area contributed by atoms with Crippen LogP contribution in [0, 0.1) is 13.7 Å². The van der Waals surface area contributed by atoms with E-state index in [1.165, 1.54) is 18.2 Å². The fourth-order valence-corrected chi connectivity index (χ4v) is 2.39. The predicted molar refractivity (Wildman–Crippen MR) is 85.7 cm³/mol. The summed E-state index contributed by atoms with van der Waals surface area (Å²) in [5.74, 6) is -0.0858. The van der Waals surface area contributed by atoms with Crippen LogP contribution >= 0.6 is 38.5 Å². The van der Waals surface area contributed by atoms with Crippen LogP contribution < -0.4 is 5.32 Å². The van der Waals surface area contributed by atoms with Crippen molar-refractivity contribution in [2.24, 2.45) is 0 Å². The summed E-state index contributed by atoms with van der Waals surface area (Å²) in [5.41, 5.74) is 0.105. The van der Waals surface area contributed by atoms with Gasteiger partial charge in [-0.25, -0.2) is 4.98 Å². The smallest absolute Gasteiger partial charge is 0.270 e. The van der Waals surface area contributed by atoms with Crippen LogP contribution in [-0.4, -0.2) is 15.8 Å². The lowest BCUT2D eigenvalue weighted by molar-refractivity contribution is -0.384. The molecule has 0 atom stereocenters. The largest absolute Gasteiger partial charge is 0.306 e. The van der Waals surface area contributed by atoms with Crippen LogP contribution in [0.15, 0.2) is 41.0 Å². The molecule has 1 aromatic heterocycles. The number of rotatable bonds is 3. The van der Waals surface area contributed by atoms with E-state index in [4.69, 9.17) is 0 Å². The van der Waals surface area contributed by atoms with E-state index in [0.717, 1.165) is 0 Å². The van der Waals surface area contributed by atoms with Gasteiger partial charge in [0.25, 0.3) is 11.6 Å². The van der Waals surface area contributed by atoms with E-state index in [2.05, 4.69) is 26.2 Å². The van der Waals surface area contributed by atoms with E-state index in [-0.39, 0.29) is 11.3 Å². The number of carbonyl (C=O) groups excluding carboxylic acids is 1. The summed E-state index contributed by atoms with van der Waals surface area (Å²) in [6.07, 6.45) is 1.54. The van der Waals surface area contributed by atoms with E-state index in [9.17, 15) is 14.9 Å². The van der Waals surface area contributed by atoms with Crippen molar-refractivity contribution in [2.75, 3.05) is 5.32 Å². The molecular weight excluding hydrogens is 441 g/mol. The van der Waals surface area contributed by atoms with Gasteiger partial charge in [-0.1, -0.05) is 0 Å². The Balaban J connectivity index is 2.32. The second kappa shape index (κ2) is 6.27. The van der Waals surface area contributed by atoms with Crippen molar-refractivity contribution in [1.82, 2.24) is 4.98 Å². The van der Waals surface area contributed by atoms with Crippen LogP contribution in [0.4, 0.5) is 11.5 Å². The molecule has 0 aliphatic carbocycles. The zero-order valence-corrected chi connectivity index (χ0v) is 13.6. The van der Waals surface area contributed by atoms with Crippen molar-refractivity contribution < 1.29 is 9.72 Å². The van der Waals surface area contributed by atoms with Gasteiger partial charge in [0.15, 0.2) is 0 Å². The van der Waals surface area contributed by atoms with Crippen LogP contribution in [0.1, 0.15) is 10.4 Å². The molecule has 0 radical (unpaired) electrons. The number of pyridine rings is 1. The minimum absolute atomic E-state index is 0.129. The maximum Gasteiger partial charge on any atom is 0.270 e. The number of hydrogen-bond donors (Lipinski definition) is 1. The summed E-state index contributed by atoms with van der Waals surface area (Å²) in [7, 11) is 0. The molecule has 6 nitrogen and oxygen atoms in total. The minimum Gasteiger partial charge on any atom is -0.306 e. The van der Waals surface area contributed by atoms with Gasteiger partial charge < -0.3 is 5.32 Å². The van der Waals surface area contributed by atoms with Gasteiger partial charge in [-0.05, 0) is 56.7 Å². The first-order valence-electron chi connectivity index (χ1n) is 5.35. The number of nitro benzene ring substituents is 1. The van der Waals surface area contributed by atoms with E-state index in [1.54, 1.807) is 18.3 Å². The van der Waals surface area contributed by atoms with Crippen LogP contribution in [0.2, 0.25) is 0 Å². The average molecular weight is 448 g/mol. The first-order valence-corrected chi connectivity index (χ1v) is 7.22. The molecule has 20 heavy (non-hydrogen) atoms. The maximum absolute atomic E-state index is 12.2. The summed E-state index contributed by atoms with van der Waals surface area (Å²) < 4.78 is 1.26. The molecule has 2 rings (SSSR count). The zero-order valence-electron chi connectivity index (χ0n) is 9.84. The second-order valence-corrected chi connectivity index (χ2v) is 5.73. The molecule has 102 valence electrons. The van der Waals surface area contributed by atoms with Gasteiger partial charge >= 0.3 is 0 Å². The monoisotopic (exact) mass is 447 g/mol. The first kappa shape index (κ1) is 14.9. The Hall–Kier alpha value is -1.55. The van der Waals surface area contributed by atoms with E-state index >= 15 is 0 Å². The topological polar surface area (TPSA) is 85.1 Å². The summed E-state index contributed by atoms with van der Waals surface area (Å²) in [6.45, 7) is 0. The molecule has 0 aliphatic rings. The van der Waals surface area contributed by atoms with Crippen LogP contribution in [-0.2, 0) is 0 Å². The van der Waals surface area contributed by atoms with Gasteiger partial charge in [-0.15, -0.1) is 0 Å². The lowest BCUT2D eigenvalue weighted by Crippen LogP contribution is -2.15. The third-order valence-electron chi connectivity index (χ3n) is 2.40. The van der Waals surface area contributed by atoms with Gasteiger partial charge in [0.1, 0.15) is 5.82 Å². The van der Waals surface area contributed by atoms with Crippen molar-refractivity contribution in [1.29, 1.82) is 0 Å². The maximum atomic E-state index is 12.2. The Morgan fingerprint density at radius 1 is 1.40 bits per heavy atom. The van der Waals surface area contributed by atoms with Gasteiger partial charge in [0.2, 0.25) is 0 Å². The number of hydrogen-bond acceptors (Lipinski definition) is 4. The Labute approximate surface area is 136 Å². The highest BCUT2D eigenvalue weighted by Crippen LogP contribution is 2.23. The van der Waals surface area contributed by atoms with E-state index in [0.29, 0.717) is 13.9 Å². The van der Waals surface area contributed by atoms with Crippen molar-refractivity contribution in [3.05, 3.63) is 60.2 Å². The molecule has 0 saturated carbocycles. The van der Waals surface area contributed by atoms with Crippen molar-refractivity contribution >= 4 is 55.9 Å². The molecule has 0 saturated heterocycles. The number of nitrogens with zero attached hydrogens (tertiary/aromatic N) is 2. The number of halogens is 2. The fraction of sp³-hybridized carbons (Fsp3) is 0. The lowest BCUT2D eigenvalue weighted by Gasteiger charge is -2.07. The fourth-order valence-electron chi connectivity index (χ4n) is 1.45. The van der Waals surface area contributed by atoms with Gasteiger partial charge in [0.05, 0.1) is 15.0 Å². The molecule has 1 N–H and O–H groups in total. The predicted octanol–water partition coefficient (Wildman–Crippen LogP) is 3.61. The molecule has 0 fully saturated rings. The number of benzene rings is 1. The molecule has 0 spiro atoms. The zero-order chi connectivity index (χ0) is 14.7. The molecule has 0 aliphatic heterocycles. The van der Waals surface area contributed by atoms with Gasteiger partial charge in [0, 0.05) is 21.9 Å². The van der Waals surface area contributed by atoms with Gasteiger partial charge in [-0.3, -0.25) is 14.9 Å². The number of nitrogens with one attached hydrogen (secondary N) is 1. The summed E-state index contributed by atoms with van der Waals surface area (Å²) >= 11 is 5.22. The molecule has 2 aromatic rings. The highest BCUT2D eigenvalue weighted by atomic mass is 127. The third kappa shape index (κ3) is 3.31. The van der Waals surface area contributed by atoms with Crippen LogP contribution in [0.3, 0.4) is 0 Å². The van der Waals surface area contributed by atoms with E-state index in [1.807, 2.05) is 22.6 Å². The summed E-state index contributed by atoms with van der Waals surface area (Å²) in [4.78, 5) is 26.4. The molecule has 8 heteroatoms. The molecule has 0 unspecified atom stereocenters. The normalized spacial score (nSPS) is 10.1. The highest BCUT2D eigenvalue weighted by Gasteiger charge is 2.16. The van der Waals surface area contributed by atoms with Gasteiger partial charge in [-0.2, -0.15) is 0 Å². The number of nitro groups is 1. The van der Waals surface area contributed by atoms with E-state index < -0.39 is 10.8 Å². The van der Waals surface area contributed by atoms with Crippen LogP contribution in [0.5, 0.6) is 0 Å². The lowest BCUT2D eigenvalue weighted by atomic mass is 10.2. The number of anilines is 1. The van der Waals surface area contributed by atoms with Crippen molar-refractivity contribution in [3.8, 4) is 0 Å².